The zero-order valence-corrected chi connectivity index (χ0v) is 37.0. The molecule has 4 saturated carbocycles. The van der Waals surface area contributed by atoms with Gasteiger partial charge in [-0.2, -0.15) is 0 Å². The lowest BCUT2D eigenvalue weighted by Gasteiger charge is -2.78. The van der Waals surface area contributed by atoms with E-state index in [9.17, 15) is 0 Å². The quantitative estimate of drug-likeness (QED) is 0.179. The molecule has 1 heterocycles. The fourth-order valence-corrected chi connectivity index (χ4v) is 16.4. The highest BCUT2D eigenvalue weighted by Gasteiger charge is 2.84. The average molecular weight is 780 g/mol. The van der Waals surface area contributed by atoms with E-state index in [1.165, 1.54) is 112 Å². The normalized spacial score (nSPS) is 31.5. The molecule has 7 aliphatic rings. The topological polar surface area (TPSA) is 3.24 Å². The van der Waals surface area contributed by atoms with Crippen molar-refractivity contribution < 1.29 is 0 Å². The summed E-state index contributed by atoms with van der Waals surface area (Å²) in [4.78, 5) is 5.71. The molecule has 2 spiro atoms. The van der Waals surface area contributed by atoms with Gasteiger partial charge in [0.2, 0.25) is 0 Å². The molecule has 296 valence electrons. The highest BCUT2D eigenvalue weighted by Crippen LogP contribution is 2.89. The summed E-state index contributed by atoms with van der Waals surface area (Å²) < 4.78 is 0. The predicted octanol–water partition coefficient (Wildman–Crippen LogP) is 15.3. The molecule has 0 N–H and O–H groups in total. The molecule has 6 aliphatic carbocycles. The van der Waals surface area contributed by atoms with Crippen molar-refractivity contribution in [2.75, 3.05) is 4.90 Å². The second-order valence-corrected chi connectivity index (χ2v) is 23.7. The van der Waals surface area contributed by atoms with Gasteiger partial charge in [-0.15, -0.1) is 0 Å². The van der Waals surface area contributed by atoms with Gasteiger partial charge in [0.05, 0.1) is 5.69 Å². The molecule has 2 heteroatoms. The van der Waals surface area contributed by atoms with Crippen LogP contribution in [0.3, 0.4) is 0 Å². The van der Waals surface area contributed by atoms with E-state index in [0.29, 0.717) is 5.41 Å². The van der Waals surface area contributed by atoms with Gasteiger partial charge in [-0.25, -0.2) is 0 Å². The first-order chi connectivity index (χ1) is 27.7. The molecule has 1 aliphatic heterocycles. The molecule has 12 rings (SSSR count). The molecule has 4 fully saturated rings. The Bertz CT molecular complexity index is 2480. The number of hydrogen-bond acceptors (Lipinski definition) is 2. The molecule has 1 nitrogen and oxygen atoms in total. The minimum absolute atomic E-state index is 0.0550. The predicted molar refractivity (Wildman–Crippen MR) is 243 cm³/mol. The summed E-state index contributed by atoms with van der Waals surface area (Å²) in [6.45, 7) is 19.8. The zero-order chi connectivity index (χ0) is 39.8. The van der Waals surface area contributed by atoms with Crippen molar-refractivity contribution in [2.24, 2.45) is 29.1 Å². The van der Waals surface area contributed by atoms with E-state index in [1.807, 2.05) is 0 Å². The lowest BCUT2D eigenvalue weighted by Crippen LogP contribution is -2.74. The molecular formula is C56H61NS. The van der Waals surface area contributed by atoms with Crippen molar-refractivity contribution in [3.05, 3.63) is 137 Å². The van der Waals surface area contributed by atoms with Crippen LogP contribution in [0.2, 0.25) is 0 Å². The third-order valence-corrected chi connectivity index (χ3v) is 19.3. The molecular weight excluding hydrogens is 719 g/mol. The van der Waals surface area contributed by atoms with Gasteiger partial charge >= 0.3 is 0 Å². The van der Waals surface area contributed by atoms with E-state index in [4.69, 9.17) is 0 Å². The molecule has 0 radical (unpaired) electrons. The second-order valence-electron chi connectivity index (χ2n) is 22.7. The first-order valence-corrected chi connectivity index (χ1v) is 23.6. The van der Waals surface area contributed by atoms with Crippen molar-refractivity contribution in [3.8, 4) is 11.1 Å². The van der Waals surface area contributed by atoms with Gasteiger partial charge in [0.15, 0.2) is 0 Å². The Kier molecular flexibility index (Phi) is 7.19. The van der Waals surface area contributed by atoms with Gasteiger partial charge in [0, 0.05) is 26.6 Å². The summed E-state index contributed by atoms with van der Waals surface area (Å²) >= 11 is 2.07. The Morgan fingerprint density at radius 3 is 1.72 bits per heavy atom. The van der Waals surface area contributed by atoms with Gasteiger partial charge in [-0.3, -0.25) is 0 Å². The lowest BCUT2D eigenvalue weighted by atomic mass is 9.26. The Hall–Kier alpha value is -3.75. The molecule has 6 unspecified atom stereocenters. The van der Waals surface area contributed by atoms with Crippen molar-refractivity contribution in [2.45, 2.75) is 144 Å². The number of hydrogen-bond donors (Lipinski definition) is 0. The monoisotopic (exact) mass is 779 g/mol. The number of benzene rings is 5. The van der Waals surface area contributed by atoms with Crippen LogP contribution in [0.25, 0.3) is 11.1 Å². The van der Waals surface area contributed by atoms with Gasteiger partial charge in [-0.05, 0) is 183 Å². The SMILES string of the molecule is CC1(C)CCC(C)(C)c2cc(N(c3ccc4c(c3)C(C)(C)CCC4(C)C)c3ccc(-c4ccccc4)c4c3Sc3ccccc3C43C4CC5CC6CC3C64C5)ccc21. The minimum atomic E-state index is 0.0550. The highest BCUT2D eigenvalue weighted by atomic mass is 32.2. The van der Waals surface area contributed by atoms with Crippen LogP contribution < -0.4 is 4.90 Å². The molecule has 5 aromatic rings. The fourth-order valence-electron chi connectivity index (χ4n) is 15.1. The van der Waals surface area contributed by atoms with Gasteiger partial charge in [-0.1, -0.05) is 134 Å². The van der Waals surface area contributed by atoms with E-state index in [2.05, 4.69) is 175 Å². The number of fused-ring (bicyclic) bond motifs is 9. The standard InChI is InChI=1S/C56H61NS/c1-51(2)24-26-53(5,6)43-31-37(18-21-40(43)51)57(38-19-22-41-44(32-38)54(7,8)27-25-52(41,3)4)45-23-20-39(35-14-10-9-11-15-35)49-50(45)58-46-17-13-12-16-42(46)56(49)47-29-34-28-36-30-48(56)55(36,47)33-34/h9-23,31-32,34,36,47-48H,24-30,33H2,1-8H3. The van der Waals surface area contributed by atoms with E-state index >= 15 is 0 Å². The van der Waals surface area contributed by atoms with Crippen molar-refractivity contribution in [1.29, 1.82) is 0 Å². The maximum Gasteiger partial charge on any atom is 0.0604 e. The summed E-state index contributed by atoms with van der Waals surface area (Å²) in [7, 11) is 0. The van der Waals surface area contributed by atoms with Crippen molar-refractivity contribution in [1.82, 2.24) is 0 Å². The first-order valence-electron chi connectivity index (χ1n) is 22.8. The van der Waals surface area contributed by atoms with E-state index in [-0.39, 0.29) is 27.1 Å². The average Bonchev–Trinajstić information content (AvgIpc) is 3.74. The maximum absolute atomic E-state index is 2.72. The zero-order valence-electron chi connectivity index (χ0n) is 36.1. The van der Waals surface area contributed by atoms with Crippen LogP contribution in [0, 0.1) is 29.1 Å². The van der Waals surface area contributed by atoms with Crippen LogP contribution in [0.15, 0.2) is 113 Å². The molecule has 58 heavy (non-hydrogen) atoms. The molecule has 0 saturated heterocycles. The summed E-state index contributed by atoms with van der Waals surface area (Å²) in [5.41, 5.74) is 17.4. The second kappa shape index (κ2) is 11.5. The van der Waals surface area contributed by atoms with Crippen LogP contribution in [-0.4, -0.2) is 0 Å². The molecule has 2 bridgehead atoms. The van der Waals surface area contributed by atoms with E-state index in [1.54, 1.807) is 11.1 Å². The molecule has 0 amide bonds. The Morgan fingerprint density at radius 2 is 1.10 bits per heavy atom. The molecule has 5 aromatic carbocycles. The number of rotatable bonds is 4. The lowest BCUT2D eigenvalue weighted by molar-refractivity contribution is -0.234. The van der Waals surface area contributed by atoms with E-state index in [0.717, 1.165) is 23.7 Å². The maximum atomic E-state index is 2.72. The Morgan fingerprint density at radius 1 is 0.534 bits per heavy atom. The van der Waals surface area contributed by atoms with Crippen LogP contribution in [0.1, 0.15) is 140 Å². The van der Waals surface area contributed by atoms with Crippen molar-refractivity contribution >= 4 is 28.8 Å². The fraction of sp³-hybridized carbons (Fsp3) is 0.464. The smallest absolute Gasteiger partial charge is 0.0604 e. The summed E-state index contributed by atoms with van der Waals surface area (Å²) in [5.74, 6) is 3.32. The third-order valence-electron chi connectivity index (χ3n) is 18.1. The summed E-state index contributed by atoms with van der Waals surface area (Å²) in [6, 6.07) is 41.4. The minimum Gasteiger partial charge on any atom is -0.309 e. The largest absolute Gasteiger partial charge is 0.309 e. The molecule has 6 atom stereocenters. The van der Waals surface area contributed by atoms with Crippen LogP contribution >= 0.6 is 11.8 Å². The van der Waals surface area contributed by atoms with Gasteiger partial charge < -0.3 is 4.90 Å². The summed E-state index contributed by atoms with van der Waals surface area (Å²) in [5, 5.41) is 0. The molecule has 0 aromatic heterocycles. The van der Waals surface area contributed by atoms with E-state index < -0.39 is 0 Å². The highest BCUT2D eigenvalue weighted by molar-refractivity contribution is 7.99. The third kappa shape index (κ3) is 4.47. The Balaban J connectivity index is 1.16. The summed E-state index contributed by atoms with van der Waals surface area (Å²) in [6.07, 6.45) is 10.6. The first kappa shape index (κ1) is 36.1. The number of nitrogens with zero attached hydrogens (tertiary/aromatic N) is 1. The van der Waals surface area contributed by atoms with Gasteiger partial charge in [0.1, 0.15) is 0 Å². The van der Waals surface area contributed by atoms with Crippen LogP contribution in [-0.2, 0) is 27.1 Å². The van der Waals surface area contributed by atoms with Crippen LogP contribution in [0.5, 0.6) is 0 Å². The van der Waals surface area contributed by atoms with Gasteiger partial charge in [0.25, 0.3) is 0 Å². The van der Waals surface area contributed by atoms with Crippen LogP contribution in [0.4, 0.5) is 17.1 Å². The van der Waals surface area contributed by atoms with Crippen molar-refractivity contribution in [3.63, 3.8) is 0 Å². The number of anilines is 3. The Labute approximate surface area is 352 Å².